The molecular formula is C11H11F4NO. The van der Waals surface area contributed by atoms with Crippen molar-refractivity contribution in [1.29, 1.82) is 0 Å². The summed E-state index contributed by atoms with van der Waals surface area (Å²) < 4.78 is 53.3. The number of nitrogens with zero attached hydrogens (tertiary/aromatic N) is 1. The lowest BCUT2D eigenvalue weighted by molar-refractivity contribution is -0.274. The van der Waals surface area contributed by atoms with Crippen LogP contribution in [0.15, 0.2) is 18.2 Å². The fourth-order valence-electron chi connectivity index (χ4n) is 1.91. The van der Waals surface area contributed by atoms with Crippen molar-refractivity contribution < 1.29 is 22.3 Å². The number of hydrogen-bond acceptors (Lipinski definition) is 2. The van der Waals surface area contributed by atoms with Gasteiger partial charge in [0, 0.05) is 19.2 Å². The van der Waals surface area contributed by atoms with Crippen molar-refractivity contribution in [2.75, 3.05) is 18.0 Å². The Hall–Kier alpha value is -1.46. The van der Waals surface area contributed by atoms with E-state index in [1.807, 2.05) is 0 Å². The first kappa shape index (κ1) is 12.0. The van der Waals surface area contributed by atoms with E-state index < -0.39 is 17.9 Å². The van der Waals surface area contributed by atoms with Crippen molar-refractivity contribution in [3.63, 3.8) is 0 Å². The van der Waals surface area contributed by atoms with Gasteiger partial charge in [-0.1, -0.05) is 0 Å². The second-order valence-electron chi connectivity index (χ2n) is 3.85. The molecule has 1 aliphatic heterocycles. The zero-order valence-corrected chi connectivity index (χ0v) is 8.93. The topological polar surface area (TPSA) is 12.5 Å². The van der Waals surface area contributed by atoms with E-state index in [2.05, 4.69) is 4.74 Å². The van der Waals surface area contributed by atoms with Gasteiger partial charge < -0.3 is 9.64 Å². The fraction of sp³-hybridized carbons (Fsp3) is 0.455. The summed E-state index contributed by atoms with van der Waals surface area (Å²) in [6.45, 7) is 1.33. The minimum atomic E-state index is -4.80. The Balaban J connectivity index is 2.30. The molecule has 2 rings (SSSR count). The van der Waals surface area contributed by atoms with Crippen LogP contribution in [0.25, 0.3) is 0 Å². The maximum Gasteiger partial charge on any atom is 0.573 e. The maximum absolute atomic E-state index is 12.9. The summed E-state index contributed by atoms with van der Waals surface area (Å²) >= 11 is 0. The van der Waals surface area contributed by atoms with Crippen LogP contribution in [0.5, 0.6) is 5.75 Å². The SMILES string of the molecule is Fc1ccc(N2CCCC2)c(OC(F)(F)F)c1. The van der Waals surface area contributed by atoms with Gasteiger partial charge in [0.1, 0.15) is 5.82 Å². The molecule has 1 fully saturated rings. The molecule has 0 aliphatic carbocycles. The average molecular weight is 249 g/mol. The lowest BCUT2D eigenvalue weighted by Gasteiger charge is -2.21. The van der Waals surface area contributed by atoms with Crippen molar-refractivity contribution in [3.8, 4) is 5.75 Å². The summed E-state index contributed by atoms with van der Waals surface area (Å²) in [5.74, 6) is -1.22. The quantitative estimate of drug-likeness (QED) is 0.745. The molecule has 1 aromatic carbocycles. The Morgan fingerprint density at radius 3 is 2.35 bits per heavy atom. The zero-order chi connectivity index (χ0) is 12.5. The predicted octanol–water partition coefficient (Wildman–Crippen LogP) is 3.32. The number of alkyl halides is 3. The third-order valence-corrected chi connectivity index (χ3v) is 2.59. The molecule has 0 saturated carbocycles. The van der Waals surface area contributed by atoms with Crippen molar-refractivity contribution in [2.45, 2.75) is 19.2 Å². The number of anilines is 1. The van der Waals surface area contributed by atoms with Gasteiger partial charge in [-0.25, -0.2) is 4.39 Å². The van der Waals surface area contributed by atoms with Crippen molar-refractivity contribution in [1.82, 2.24) is 0 Å². The summed E-state index contributed by atoms with van der Waals surface area (Å²) in [5, 5.41) is 0. The molecule has 0 unspecified atom stereocenters. The van der Waals surface area contributed by atoms with Gasteiger partial charge in [-0.3, -0.25) is 0 Å². The van der Waals surface area contributed by atoms with Gasteiger partial charge >= 0.3 is 6.36 Å². The first-order chi connectivity index (χ1) is 7.96. The Labute approximate surface area is 95.8 Å². The molecule has 0 spiro atoms. The number of ether oxygens (including phenoxy) is 1. The highest BCUT2D eigenvalue weighted by Gasteiger charge is 2.33. The molecule has 0 radical (unpaired) electrons. The molecule has 94 valence electrons. The van der Waals surface area contributed by atoms with Gasteiger partial charge in [-0.2, -0.15) is 0 Å². The summed E-state index contributed by atoms with van der Waals surface area (Å²) in [7, 11) is 0. The molecule has 0 bridgehead atoms. The van der Waals surface area contributed by atoms with Gasteiger partial charge in [0.15, 0.2) is 5.75 Å². The van der Waals surface area contributed by atoms with Crippen LogP contribution in [0, 0.1) is 5.82 Å². The molecular weight excluding hydrogens is 238 g/mol. The minimum absolute atomic E-state index is 0.293. The average Bonchev–Trinajstić information content (AvgIpc) is 2.68. The molecule has 0 aromatic heterocycles. The number of hydrogen-bond donors (Lipinski definition) is 0. The second kappa shape index (κ2) is 4.43. The molecule has 0 amide bonds. The Morgan fingerprint density at radius 1 is 1.12 bits per heavy atom. The normalized spacial score (nSPS) is 16.4. The van der Waals surface area contributed by atoms with E-state index in [1.165, 1.54) is 6.07 Å². The lowest BCUT2D eigenvalue weighted by Crippen LogP contribution is -2.22. The fourth-order valence-corrected chi connectivity index (χ4v) is 1.91. The zero-order valence-electron chi connectivity index (χ0n) is 8.93. The van der Waals surface area contributed by atoms with E-state index in [9.17, 15) is 17.6 Å². The van der Waals surface area contributed by atoms with Crippen LogP contribution in [0.1, 0.15) is 12.8 Å². The number of rotatable bonds is 2. The smallest absolute Gasteiger partial charge is 0.403 e. The van der Waals surface area contributed by atoms with Crippen LogP contribution >= 0.6 is 0 Å². The molecule has 1 aliphatic rings. The monoisotopic (exact) mass is 249 g/mol. The lowest BCUT2D eigenvalue weighted by atomic mass is 10.2. The number of halogens is 4. The molecule has 0 N–H and O–H groups in total. The molecule has 1 aromatic rings. The Kier molecular flexibility index (Phi) is 3.13. The van der Waals surface area contributed by atoms with Crippen molar-refractivity contribution in [2.24, 2.45) is 0 Å². The third kappa shape index (κ3) is 3.01. The number of benzene rings is 1. The van der Waals surface area contributed by atoms with Gasteiger partial charge in [0.2, 0.25) is 0 Å². The second-order valence-corrected chi connectivity index (χ2v) is 3.85. The van der Waals surface area contributed by atoms with E-state index in [0.717, 1.165) is 25.0 Å². The van der Waals surface area contributed by atoms with E-state index in [1.54, 1.807) is 4.90 Å². The standard InChI is InChI=1S/C11H11F4NO/c12-8-3-4-9(16-5-1-2-6-16)10(7-8)17-11(13,14)15/h3-4,7H,1-2,5-6H2. The first-order valence-electron chi connectivity index (χ1n) is 5.26. The Morgan fingerprint density at radius 2 is 1.76 bits per heavy atom. The van der Waals surface area contributed by atoms with Crippen LogP contribution < -0.4 is 9.64 Å². The minimum Gasteiger partial charge on any atom is -0.403 e. The van der Waals surface area contributed by atoms with Gasteiger partial charge in [0.25, 0.3) is 0 Å². The highest BCUT2D eigenvalue weighted by Crippen LogP contribution is 2.35. The first-order valence-corrected chi connectivity index (χ1v) is 5.26. The molecule has 17 heavy (non-hydrogen) atoms. The summed E-state index contributed by atoms with van der Waals surface area (Å²) in [4.78, 5) is 1.76. The summed E-state index contributed by atoms with van der Waals surface area (Å²) in [6, 6.07) is 3.22. The van der Waals surface area contributed by atoms with E-state index in [-0.39, 0.29) is 0 Å². The molecule has 6 heteroatoms. The van der Waals surface area contributed by atoms with Crippen LogP contribution in [0.2, 0.25) is 0 Å². The van der Waals surface area contributed by atoms with E-state index in [0.29, 0.717) is 18.8 Å². The third-order valence-electron chi connectivity index (χ3n) is 2.59. The van der Waals surface area contributed by atoms with Crippen LogP contribution in [0.3, 0.4) is 0 Å². The molecule has 2 nitrogen and oxygen atoms in total. The largest absolute Gasteiger partial charge is 0.573 e. The van der Waals surface area contributed by atoms with E-state index >= 15 is 0 Å². The van der Waals surface area contributed by atoms with Crippen LogP contribution in [-0.4, -0.2) is 19.5 Å². The highest BCUT2D eigenvalue weighted by molar-refractivity contribution is 5.59. The van der Waals surface area contributed by atoms with Crippen molar-refractivity contribution >= 4 is 5.69 Å². The van der Waals surface area contributed by atoms with Gasteiger partial charge in [0.05, 0.1) is 5.69 Å². The maximum atomic E-state index is 12.9. The highest BCUT2D eigenvalue weighted by atomic mass is 19.4. The van der Waals surface area contributed by atoms with Crippen LogP contribution in [-0.2, 0) is 0 Å². The van der Waals surface area contributed by atoms with Crippen LogP contribution in [0.4, 0.5) is 23.2 Å². The molecule has 0 atom stereocenters. The Bertz CT molecular complexity index is 399. The van der Waals surface area contributed by atoms with Gasteiger partial charge in [-0.15, -0.1) is 13.2 Å². The predicted molar refractivity (Wildman–Crippen MR) is 54.5 cm³/mol. The molecule has 1 heterocycles. The van der Waals surface area contributed by atoms with E-state index in [4.69, 9.17) is 0 Å². The summed E-state index contributed by atoms with van der Waals surface area (Å²) in [5.41, 5.74) is 0.293. The van der Waals surface area contributed by atoms with Crippen molar-refractivity contribution in [3.05, 3.63) is 24.0 Å². The summed E-state index contributed by atoms with van der Waals surface area (Å²) in [6.07, 6.45) is -2.96. The molecule has 1 saturated heterocycles. The van der Waals surface area contributed by atoms with Gasteiger partial charge in [-0.05, 0) is 25.0 Å².